The van der Waals surface area contributed by atoms with Crippen LogP contribution in [-0.4, -0.2) is 25.7 Å². The molecule has 0 rings (SSSR count). The van der Waals surface area contributed by atoms with E-state index in [4.69, 9.17) is 4.74 Å². The molecule has 0 aromatic rings. The van der Waals surface area contributed by atoms with Crippen LogP contribution >= 0.6 is 0 Å². The molecule has 0 aliphatic heterocycles. The summed E-state index contributed by atoms with van der Waals surface area (Å²) in [6.45, 7) is 0.467. The fourth-order valence-electron chi connectivity index (χ4n) is 0.745. The van der Waals surface area contributed by atoms with E-state index in [-0.39, 0.29) is 13.0 Å². The summed E-state index contributed by atoms with van der Waals surface area (Å²) in [5.74, 6) is 0. The molecule has 0 aromatic carbocycles. The predicted molar refractivity (Wildman–Crippen MR) is 41.4 cm³/mol. The second-order valence-electron chi connectivity index (χ2n) is 2.64. The van der Waals surface area contributed by atoms with Crippen LogP contribution in [-0.2, 0) is 9.53 Å². The van der Waals surface area contributed by atoms with Gasteiger partial charge in [-0.25, -0.2) is 0 Å². The highest BCUT2D eigenvalue weighted by molar-refractivity contribution is 5.48. The second kappa shape index (κ2) is 6.88. The summed E-state index contributed by atoms with van der Waals surface area (Å²) in [5.41, 5.74) is 0. The van der Waals surface area contributed by atoms with Gasteiger partial charge in [0.25, 0.3) is 0 Å². The summed E-state index contributed by atoms with van der Waals surface area (Å²) in [6.07, 6.45) is -3.16. The highest BCUT2D eigenvalue weighted by Gasteiger charge is 2.25. The molecule has 0 bridgehead atoms. The molecule has 0 atom stereocenters. The second-order valence-corrected chi connectivity index (χ2v) is 2.64. The van der Waals surface area contributed by atoms with Crippen LogP contribution in [0.25, 0.3) is 0 Å². The molecule has 0 spiro atoms. The van der Waals surface area contributed by atoms with Gasteiger partial charge < -0.3 is 9.53 Å². The first-order valence-corrected chi connectivity index (χ1v) is 4.14. The number of halogens is 3. The van der Waals surface area contributed by atoms with E-state index < -0.39 is 12.6 Å². The smallest absolute Gasteiger partial charge is 0.381 e. The molecule has 0 heterocycles. The summed E-state index contributed by atoms with van der Waals surface area (Å²) in [7, 11) is 0. The molecule has 0 saturated heterocycles. The van der Waals surface area contributed by atoms with Gasteiger partial charge in [-0.3, -0.25) is 0 Å². The number of hydrogen-bond acceptors (Lipinski definition) is 2. The standard InChI is InChI=1S/C8H13F3O2/c9-8(10,11)4-3-7-13-6-2-1-5-12/h5H,1-4,6-7H2. The first kappa shape index (κ1) is 12.4. The van der Waals surface area contributed by atoms with Crippen LogP contribution in [0.3, 0.4) is 0 Å². The minimum absolute atomic E-state index is 0.00934. The van der Waals surface area contributed by atoms with E-state index in [1.165, 1.54) is 0 Å². The molecule has 78 valence electrons. The van der Waals surface area contributed by atoms with Gasteiger partial charge in [0.1, 0.15) is 6.29 Å². The monoisotopic (exact) mass is 198 g/mol. The highest BCUT2D eigenvalue weighted by Crippen LogP contribution is 2.20. The van der Waals surface area contributed by atoms with Crippen LogP contribution in [0.2, 0.25) is 0 Å². The predicted octanol–water partition coefficient (Wildman–Crippen LogP) is 2.32. The lowest BCUT2D eigenvalue weighted by Gasteiger charge is -2.05. The number of unbranched alkanes of at least 4 members (excludes halogenated alkanes) is 1. The molecular weight excluding hydrogens is 185 g/mol. The molecule has 5 heteroatoms. The number of rotatable bonds is 7. The SMILES string of the molecule is O=CCCCOCCCC(F)(F)F. The van der Waals surface area contributed by atoms with E-state index >= 15 is 0 Å². The Bertz CT molecular complexity index is 134. The zero-order valence-electron chi connectivity index (χ0n) is 7.27. The van der Waals surface area contributed by atoms with Crippen LogP contribution < -0.4 is 0 Å². The molecule has 0 aliphatic rings. The fraction of sp³-hybridized carbons (Fsp3) is 0.875. The van der Waals surface area contributed by atoms with Crippen LogP contribution in [0.5, 0.6) is 0 Å². The van der Waals surface area contributed by atoms with E-state index in [1.807, 2.05) is 0 Å². The molecule has 0 N–H and O–H groups in total. The maximum absolute atomic E-state index is 11.6. The molecule has 0 radical (unpaired) electrons. The van der Waals surface area contributed by atoms with Gasteiger partial charge in [0.2, 0.25) is 0 Å². The summed E-state index contributed by atoms with van der Waals surface area (Å²) in [6, 6.07) is 0. The van der Waals surface area contributed by atoms with E-state index in [2.05, 4.69) is 0 Å². The Kier molecular flexibility index (Phi) is 6.58. The minimum Gasteiger partial charge on any atom is -0.381 e. The van der Waals surface area contributed by atoms with Crippen molar-refractivity contribution in [3.8, 4) is 0 Å². The Hall–Kier alpha value is -0.580. The van der Waals surface area contributed by atoms with Crippen molar-refractivity contribution in [3.63, 3.8) is 0 Å². The average Bonchev–Trinajstić information content (AvgIpc) is 2.01. The number of carbonyl (C=O) groups excluding carboxylic acids is 1. The van der Waals surface area contributed by atoms with Crippen LogP contribution in [0, 0.1) is 0 Å². The molecule has 13 heavy (non-hydrogen) atoms. The van der Waals surface area contributed by atoms with Crippen LogP contribution in [0.4, 0.5) is 13.2 Å². The van der Waals surface area contributed by atoms with Gasteiger partial charge in [0.05, 0.1) is 0 Å². The van der Waals surface area contributed by atoms with Crippen LogP contribution in [0.1, 0.15) is 25.7 Å². The van der Waals surface area contributed by atoms with E-state index in [0.29, 0.717) is 19.4 Å². The fourth-order valence-corrected chi connectivity index (χ4v) is 0.745. The average molecular weight is 198 g/mol. The zero-order valence-corrected chi connectivity index (χ0v) is 7.27. The molecule has 0 aromatic heterocycles. The van der Waals surface area contributed by atoms with E-state index in [0.717, 1.165) is 6.29 Å². The Balaban J connectivity index is 3.04. The Morgan fingerprint density at radius 2 is 1.77 bits per heavy atom. The molecule has 0 fully saturated rings. The summed E-state index contributed by atoms with van der Waals surface area (Å²) in [4.78, 5) is 9.82. The Morgan fingerprint density at radius 3 is 2.31 bits per heavy atom. The Labute approximate surface area is 75.1 Å². The normalized spacial score (nSPS) is 11.6. The number of aldehydes is 1. The molecular formula is C8H13F3O2. The summed E-state index contributed by atoms with van der Waals surface area (Å²) in [5, 5.41) is 0. The van der Waals surface area contributed by atoms with Crippen LogP contribution in [0.15, 0.2) is 0 Å². The van der Waals surface area contributed by atoms with Gasteiger partial charge in [-0.2, -0.15) is 13.2 Å². The lowest BCUT2D eigenvalue weighted by Crippen LogP contribution is -2.09. The van der Waals surface area contributed by atoms with Gasteiger partial charge in [-0.1, -0.05) is 0 Å². The third-order valence-electron chi connectivity index (χ3n) is 1.36. The van der Waals surface area contributed by atoms with E-state index in [1.54, 1.807) is 0 Å². The number of ether oxygens (including phenoxy) is 1. The maximum Gasteiger partial charge on any atom is 0.389 e. The van der Waals surface area contributed by atoms with Crippen molar-refractivity contribution in [2.24, 2.45) is 0 Å². The maximum atomic E-state index is 11.6. The molecule has 2 nitrogen and oxygen atoms in total. The van der Waals surface area contributed by atoms with Crippen molar-refractivity contribution in [1.82, 2.24) is 0 Å². The Morgan fingerprint density at radius 1 is 1.15 bits per heavy atom. The molecule has 0 unspecified atom stereocenters. The number of carbonyl (C=O) groups is 1. The van der Waals surface area contributed by atoms with E-state index in [9.17, 15) is 18.0 Å². The summed E-state index contributed by atoms with van der Waals surface area (Å²) < 4.78 is 39.6. The zero-order chi connectivity index (χ0) is 10.2. The third kappa shape index (κ3) is 11.4. The molecule has 0 amide bonds. The largest absolute Gasteiger partial charge is 0.389 e. The van der Waals surface area contributed by atoms with Gasteiger partial charge in [0.15, 0.2) is 0 Å². The topological polar surface area (TPSA) is 26.3 Å². The number of hydrogen-bond donors (Lipinski definition) is 0. The first-order chi connectivity index (χ1) is 6.06. The summed E-state index contributed by atoms with van der Waals surface area (Å²) >= 11 is 0. The van der Waals surface area contributed by atoms with Crippen molar-refractivity contribution < 1.29 is 22.7 Å². The molecule has 0 saturated carbocycles. The van der Waals surface area contributed by atoms with Gasteiger partial charge in [-0.05, 0) is 12.8 Å². The van der Waals surface area contributed by atoms with Crippen molar-refractivity contribution in [3.05, 3.63) is 0 Å². The third-order valence-corrected chi connectivity index (χ3v) is 1.36. The van der Waals surface area contributed by atoms with Gasteiger partial charge in [-0.15, -0.1) is 0 Å². The van der Waals surface area contributed by atoms with Crippen molar-refractivity contribution in [1.29, 1.82) is 0 Å². The highest BCUT2D eigenvalue weighted by atomic mass is 19.4. The lowest BCUT2D eigenvalue weighted by molar-refractivity contribution is -0.137. The molecule has 0 aliphatic carbocycles. The minimum atomic E-state index is -4.09. The van der Waals surface area contributed by atoms with Gasteiger partial charge in [0, 0.05) is 26.1 Å². The number of alkyl halides is 3. The van der Waals surface area contributed by atoms with Gasteiger partial charge >= 0.3 is 6.18 Å². The van der Waals surface area contributed by atoms with Crippen molar-refractivity contribution in [2.45, 2.75) is 31.9 Å². The van der Waals surface area contributed by atoms with Crippen molar-refractivity contribution in [2.75, 3.05) is 13.2 Å². The lowest BCUT2D eigenvalue weighted by atomic mass is 10.3. The van der Waals surface area contributed by atoms with Crippen molar-refractivity contribution >= 4 is 6.29 Å². The first-order valence-electron chi connectivity index (χ1n) is 4.14. The quantitative estimate of drug-likeness (QED) is 0.463.